The van der Waals surface area contributed by atoms with E-state index in [1.54, 1.807) is 26.0 Å². The van der Waals surface area contributed by atoms with Crippen LogP contribution in [0.2, 0.25) is 0 Å². The van der Waals surface area contributed by atoms with E-state index in [0.717, 1.165) is 28.6 Å². The maximum atomic E-state index is 12.0. The summed E-state index contributed by atoms with van der Waals surface area (Å²) < 4.78 is 69.2. The van der Waals surface area contributed by atoms with Gasteiger partial charge in [-0.05, 0) is 38.0 Å². The van der Waals surface area contributed by atoms with Crippen LogP contribution < -0.4 is 16.3 Å². The van der Waals surface area contributed by atoms with Crippen LogP contribution in [-0.2, 0) is 16.3 Å². The second kappa shape index (κ2) is 7.28. The molecule has 0 saturated heterocycles. The minimum atomic E-state index is -4.38. The summed E-state index contributed by atoms with van der Waals surface area (Å²) in [6.07, 6.45) is -3.65. The van der Waals surface area contributed by atoms with Crippen LogP contribution in [0.15, 0.2) is 35.4 Å². The van der Waals surface area contributed by atoms with Crippen LogP contribution in [0.3, 0.4) is 0 Å². The number of nitrogen functional groups attached to an aromatic ring is 2. The second-order valence-electron chi connectivity index (χ2n) is 5.43. The van der Waals surface area contributed by atoms with E-state index < -0.39 is 21.9 Å². The van der Waals surface area contributed by atoms with E-state index >= 15 is 0 Å². The van der Waals surface area contributed by atoms with Gasteiger partial charge in [0.2, 0.25) is 0 Å². The van der Waals surface area contributed by atoms with Crippen molar-refractivity contribution in [2.45, 2.75) is 31.8 Å². The highest BCUT2D eigenvalue weighted by Gasteiger charge is 2.32. The normalized spacial score (nSPS) is 11.6. The Kier molecular flexibility index (Phi) is 6.03. The molecule has 0 aliphatic carbocycles. The van der Waals surface area contributed by atoms with Crippen molar-refractivity contribution >= 4 is 15.9 Å². The summed E-state index contributed by atoms with van der Waals surface area (Å²) in [5.41, 5.74) is 6.38. The zero-order valence-electron chi connectivity index (χ0n) is 13.8. The molecule has 25 heavy (non-hydrogen) atoms. The lowest BCUT2D eigenvalue weighted by Gasteiger charge is -2.14. The molecule has 0 atom stereocenters. The van der Waals surface area contributed by atoms with Gasteiger partial charge in [-0.25, -0.2) is 8.42 Å². The number of aryl methyl sites for hydroxylation is 3. The second-order valence-corrected chi connectivity index (χ2v) is 6.75. The van der Waals surface area contributed by atoms with E-state index in [1.807, 2.05) is 6.92 Å². The first-order valence-corrected chi connectivity index (χ1v) is 8.31. The molecule has 0 saturated carbocycles. The van der Waals surface area contributed by atoms with E-state index in [4.69, 9.17) is 11.6 Å². The smallest absolute Gasteiger partial charge is 0.419 e. The van der Waals surface area contributed by atoms with E-state index in [-0.39, 0.29) is 10.7 Å². The molecule has 0 spiro atoms. The van der Waals surface area contributed by atoms with E-state index in [9.17, 15) is 26.1 Å². The molecule has 10 heteroatoms. The molecular formula is C15H18F3N3O3S. The molecule has 0 amide bonds. The fraction of sp³-hybridized carbons (Fsp3) is 0.267. The van der Waals surface area contributed by atoms with E-state index in [2.05, 4.69) is 0 Å². The molecule has 0 bridgehead atoms. The number of hydrogen-bond donors (Lipinski definition) is 2. The van der Waals surface area contributed by atoms with Crippen LogP contribution in [0.4, 0.5) is 19.0 Å². The largest absolute Gasteiger partial charge is 0.744 e. The molecule has 0 fully saturated rings. The summed E-state index contributed by atoms with van der Waals surface area (Å²) in [4.78, 5) is -0.0851. The van der Waals surface area contributed by atoms with Gasteiger partial charge in [-0.1, -0.05) is 17.7 Å². The molecule has 2 aromatic rings. The highest BCUT2D eigenvalue weighted by Crippen LogP contribution is 2.27. The molecule has 0 aliphatic heterocycles. The fourth-order valence-electron chi connectivity index (χ4n) is 2.26. The Balaban J connectivity index is 0.000000251. The third-order valence-electron chi connectivity index (χ3n) is 3.19. The summed E-state index contributed by atoms with van der Waals surface area (Å²) in [6, 6.07) is 5.36. The fourth-order valence-corrected chi connectivity index (χ4v) is 3.16. The predicted molar refractivity (Wildman–Crippen MR) is 84.8 cm³/mol. The first-order chi connectivity index (χ1) is 11.2. The van der Waals surface area contributed by atoms with Crippen LogP contribution in [0.25, 0.3) is 0 Å². The number of pyridine rings is 1. The molecule has 1 heterocycles. The van der Waals surface area contributed by atoms with Gasteiger partial charge in [-0.15, -0.1) is 4.68 Å². The van der Waals surface area contributed by atoms with Crippen molar-refractivity contribution in [3.05, 3.63) is 52.7 Å². The molecular weight excluding hydrogens is 359 g/mol. The van der Waals surface area contributed by atoms with Crippen LogP contribution in [0, 0.1) is 20.8 Å². The number of nitrogens with two attached hydrogens (primary N) is 2. The molecule has 0 aliphatic rings. The Hall–Kier alpha value is -2.33. The molecule has 1 aromatic carbocycles. The zero-order chi connectivity index (χ0) is 19.6. The Bertz CT molecular complexity index is 858. The quantitative estimate of drug-likeness (QED) is 0.447. The molecule has 0 unspecified atom stereocenters. The maximum Gasteiger partial charge on any atom is 0.419 e. The van der Waals surface area contributed by atoms with Gasteiger partial charge in [0.1, 0.15) is 16.3 Å². The Morgan fingerprint density at radius 3 is 1.92 bits per heavy atom. The van der Waals surface area contributed by atoms with Gasteiger partial charge in [0.15, 0.2) is 0 Å². The number of nitrogens with zero attached hydrogens (tertiary/aromatic N) is 1. The highest BCUT2D eigenvalue weighted by atomic mass is 32.2. The summed E-state index contributed by atoms with van der Waals surface area (Å²) in [6.45, 7) is 5.12. The van der Waals surface area contributed by atoms with Crippen LogP contribution in [0.1, 0.15) is 22.3 Å². The number of rotatable bonds is 1. The van der Waals surface area contributed by atoms with Crippen molar-refractivity contribution in [2.75, 3.05) is 11.6 Å². The lowest BCUT2D eigenvalue weighted by atomic mass is 10.1. The minimum absolute atomic E-state index is 0.0722. The topological polar surface area (TPSA) is 113 Å². The lowest BCUT2D eigenvalue weighted by Crippen LogP contribution is -2.47. The lowest BCUT2D eigenvalue weighted by molar-refractivity contribution is -0.624. The van der Waals surface area contributed by atoms with Crippen molar-refractivity contribution < 1.29 is 30.8 Å². The Labute approximate surface area is 143 Å². The highest BCUT2D eigenvalue weighted by molar-refractivity contribution is 7.85. The average molecular weight is 377 g/mol. The number of aromatic nitrogens is 1. The standard InChI is InChI=1S/C9H12O3S.C6H6F3N3/c1-6-4-7(2)9(8(3)5-6)13(10,11)12;7-6(8,9)4-1-2-5(10)12(11)3-4/h4-5H,1-3H3,(H,10,11,12);1-3,10H,11H2. The van der Waals surface area contributed by atoms with Crippen molar-refractivity contribution in [3.63, 3.8) is 0 Å². The van der Waals surface area contributed by atoms with E-state index in [0.29, 0.717) is 11.1 Å². The number of anilines is 1. The average Bonchev–Trinajstić information content (AvgIpc) is 2.38. The Morgan fingerprint density at radius 2 is 1.56 bits per heavy atom. The summed E-state index contributed by atoms with van der Waals surface area (Å²) in [7, 11) is -4.33. The first-order valence-electron chi connectivity index (χ1n) is 6.90. The van der Waals surface area contributed by atoms with Crippen LogP contribution in [-0.4, -0.2) is 13.0 Å². The van der Waals surface area contributed by atoms with Gasteiger partial charge in [-0.2, -0.15) is 13.2 Å². The first kappa shape index (κ1) is 20.7. The van der Waals surface area contributed by atoms with Crippen LogP contribution >= 0.6 is 0 Å². The van der Waals surface area contributed by atoms with E-state index in [1.165, 1.54) is 0 Å². The number of halogens is 3. The van der Waals surface area contributed by atoms with Crippen molar-refractivity contribution in [1.82, 2.24) is 0 Å². The molecule has 138 valence electrons. The third-order valence-corrected chi connectivity index (χ3v) is 4.34. The SMILES string of the molecule is Cc1cc(C)c(S(=O)(=O)[O-])c(C)c1.Nc1ccc(C(F)(F)F)c[n+]1N. The van der Waals surface area contributed by atoms with Crippen LogP contribution in [0.5, 0.6) is 0 Å². The molecule has 2 rings (SSSR count). The predicted octanol–water partition coefficient (Wildman–Crippen LogP) is 1.80. The van der Waals surface area contributed by atoms with Crippen molar-refractivity contribution in [2.24, 2.45) is 0 Å². The number of hydrogen-bond acceptors (Lipinski definition) is 5. The maximum absolute atomic E-state index is 12.0. The van der Waals surface area contributed by atoms with Crippen molar-refractivity contribution in [1.29, 1.82) is 0 Å². The molecule has 0 radical (unpaired) electrons. The molecule has 1 aromatic heterocycles. The number of alkyl halides is 3. The van der Waals surface area contributed by atoms with Gasteiger partial charge in [0, 0.05) is 6.07 Å². The van der Waals surface area contributed by atoms with Crippen molar-refractivity contribution in [3.8, 4) is 0 Å². The molecule has 4 N–H and O–H groups in total. The minimum Gasteiger partial charge on any atom is -0.744 e. The van der Waals surface area contributed by atoms with Gasteiger partial charge >= 0.3 is 6.18 Å². The summed E-state index contributed by atoms with van der Waals surface area (Å²) in [5, 5.41) is 0. The summed E-state index contributed by atoms with van der Waals surface area (Å²) in [5.74, 6) is 5.18. The monoisotopic (exact) mass is 377 g/mol. The van der Waals surface area contributed by atoms with Gasteiger partial charge < -0.3 is 4.55 Å². The molecule has 6 nitrogen and oxygen atoms in total. The Morgan fingerprint density at radius 1 is 1.08 bits per heavy atom. The summed E-state index contributed by atoms with van der Waals surface area (Å²) >= 11 is 0. The zero-order valence-corrected chi connectivity index (χ0v) is 14.6. The van der Waals surface area contributed by atoms with Gasteiger partial charge in [-0.3, -0.25) is 11.6 Å². The third kappa shape index (κ3) is 5.61. The number of benzene rings is 1. The van der Waals surface area contributed by atoms with Gasteiger partial charge in [0.05, 0.1) is 10.5 Å². The van der Waals surface area contributed by atoms with Gasteiger partial charge in [0.25, 0.3) is 5.82 Å².